The van der Waals surface area contributed by atoms with Crippen molar-refractivity contribution in [1.29, 1.82) is 0 Å². The van der Waals surface area contributed by atoms with Crippen molar-refractivity contribution in [2.45, 2.75) is 39.2 Å². The van der Waals surface area contributed by atoms with Crippen LogP contribution in [-0.4, -0.2) is 81.2 Å². The zero-order chi connectivity index (χ0) is 21.3. The summed E-state index contributed by atoms with van der Waals surface area (Å²) in [7, 11) is 0. The van der Waals surface area contributed by atoms with Gasteiger partial charge in [-0.1, -0.05) is 26.0 Å². The topological polar surface area (TPSA) is 89.6 Å². The van der Waals surface area contributed by atoms with Crippen molar-refractivity contribution < 1.29 is 14.4 Å². The molecule has 8 heteroatoms. The molecule has 1 atom stereocenters. The van der Waals surface area contributed by atoms with Gasteiger partial charge in [0.1, 0.15) is 11.9 Å². The summed E-state index contributed by atoms with van der Waals surface area (Å²) < 4.78 is 0. The number of hydrogen-bond acceptors (Lipinski definition) is 4. The molecule has 3 heterocycles. The summed E-state index contributed by atoms with van der Waals surface area (Å²) in [6, 6.07) is 7.35. The fraction of sp³-hybridized carbons (Fsp3) is 0.545. The first-order chi connectivity index (χ1) is 14.4. The fourth-order valence-electron chi connectivity index (χ4n) is 4.38. The van der Waals surface area contributed by atoms with E-state index in [1.165, 1.54) is 0 Å². The van der Waals surface area contributed by atoms with Crippen LogP contribution in [0.4, 0.5) is 0 Å². The van der Waals surface area contributed by atoms with E-state index in [2.05, 4.69) is 9.97 Å². The van der Waals surface area contributed by atoms with Crippen LogP contribution in [0.25, 0.3) is 11.0 Å². The number of piperazine rings is 1. The number of rotatable bonds is 5. The molecule has 0 bridgehead atoms. The first-order valence-corrected chi connectivity index (χ1v) is 10.7. The highest BCUT2D eigenvalue weighted by molar-refractivity contribution is 5.95. The predicted octanol–water partition coefficient (Wildman–Crippen LogP) is 1.42. The minimum Gasteiger partial charge on any atom is -0.342 e. The largest absolute Gasteiger partial charge is 0.342 e. The van der Waals surface area contributed by atoms with E-state index in [1.807, 2.05) is 38.1 Å². The predicted molar refractivity (Wildman–Crippen MR) is 113 cm³/mol. The van der Waals surface area contributed by atoms with Gasteiger partial charge in [0.25, 0.3) is 0 Å². The minimum atomic E-state index is -0.446. The molecule has 1 N–H and O–H groups in total. The molecule has 3 amide bonds. The quantitative estimate of drug-likeness (QED) is 0.806. The van der Waals surface area contributed by atoms with Gasteiger partial charge in [0, 0.05) is 39.0 Å². The van der Waals surface area contributed by atoms with Crippen molar-refractivity contribution in [3.05, 3.63) is 30.1 Å². The van der Waals surface area contributed by atoms with Crippen molar-refractivity contribution in [1.82, 2.24) is 24.7 Å². The number of imidazole rings is 1. The summed E-state index contributed by atoms with van der Waals surface area (Å²) in [6.07, 6.45) is 1.39. The zero-order valence-corrected chi connectivity index (χ0v) is 17.6. The van der Waals surface area contributed by atoms with Crippen molar-refractivity contribution in [2.24, 2.45) is 5.92 Å². The summed E-state index contributed by atoms with van der Waals surface area (Å²) in [4.78, 5) is 51.2. The smallest absolute Gasteiger partial charge is 0.245 e. The van der Waals surface area contributed by atoms with Gasteiger partial charge in [0.05, 0.1) is 17.6 Å². The molecule has 1 unspecified atom stereocenters. The van der Waals surface area contributed by atoms with Gasteiger partial charge in [0.2, 0.25) is 17.7 Å². The van der Waals surface area contributed by atoms with E-state index in [4.69, 9.17) is 0 Å². The Morgan fingerprint density at radius 3 is 2.77 bits per heavy atom. The number of aryl methyl sites for hydroxylation is 1. The second-order valence-electron chi connectivity index (χ2n) is 8.59. The molecule has 8 nitrogen and oxygen atoms in total. The number of nitrogens with one attached hydrogen (secondary N) is 1. The van der Waals surface area contributed by atoms with E-state index in [9.17, 15) is 14.4 Å². The van der Waals surface area contributed by atoms with Crippen LogP contribution in [0.5, 0.6) is 0 Å². The summed E-state index contributed by atoms with van der Waals surface area (Å²) in [6.45, 7) is 6.20. The average molecular weight is 412 g/mol. The highest BCUT2D eigenvalue weighted by atomic mass is 16.2. The highest BCUT2D eigenvalue weighted by Gasteiger charge is 2.41. The number of nitrogens with zero attached hydrogens (tertiary/aromatic N) is 4. The molecule has 2 saturated heterocycles. The summed E-state index contributed by atoms with van der Waals surface area (Å²) in [5.74, 6) is 1.15. The van der Waals surface area contributed by atoms with Crippen LogP contribution < -0.4 is 0 Å². The van der Waals surface area contributed by atoms with Crippen molar-refractivity contribution in [3.63, 3.8) is 0 Å². The molecule has 0 aliphatic carbocycles. The first-order valence-electron chi connectivity index (χ1n) is 10.7. The Morgan fingerprint density at radius 1 is 1.20 bits per heavy atom. The number of amides is 3. The third kappa shape index (κ3) is 4.17. The molecule has 2 aromatic rings. The number of fused-ring (bicyclic) bond motifs is 2. The van der Waals surface area contributed by atoms with Gasteiger partial charge < -0.3 is 19.7 Å². The second-order valence-corrected chi connectivity index (χ2v) is 8.59. The molecule has 160 valence electrons. The fourth-order valence-corrected chi connectivity index (χ4v) is 4.38. The Balaban J connectivity index is 1.36. The zero-order valence-electron chi connectivity index (χ0n) is 17.6. The Morgan fingerprint density at radius 2 is 2.00 bits per heavy atom. The number of benzene rings is 1. The van der Waals surface area contributed by atoms with E-state index in [-0.39, 0.29) is 24.3 Å². The number of aromatic nitrogens is 2. The lowest BCUT2D eigenvalue weighted by molar-refractivity contribution is -0.156. The van der Waals surface area contributed by atoms with Crippen molar-refractivity contribution in [3.8, 4) is 0 Å². The van der Waals surface area contributed by atoms with E-state index >= 15 is 0 Å². The number of carbonyl (C=O) groups excluding carboxylic acids is 3. The van der Waals surface area contributed by atoms with Crippen molar-refractivity contribution >= 4 is 28.8 Å². The number of H-pyrrole nitrogens is 1. The van der Waals surface area contributed by atoms with Crippen LogP contribution in [-0.2, 0) is 20.8 Å². The lowest BCUT2D eigenvalue weighted by Gasteiger charge is -2.39. The summed E-state index contributed by atoms with van der Waals surface area (Å²) in [5.41, 5.74) is 1.86. The van der Waals surface area contributed by atoms with Crippen LogP contribution in [0.2, 0.25) is 0 Å². The van der Waals surface area contributed by atoms with Gasteiger partial charge in [-0.25, -0.2) is 4.98 Å². The normalized spacial score (nSPS) is 20.1. The number of hydrogen-bond donors (Lipinski definition) is 1. The third-order valence-electron chi connectivity index (χ3n) is 5.86. The van der Waals surface area contributed by atoms with Gasteiger partial charge in [0.15, 0.2) is 0 Å². The monoisotopic (exact) mass is 411 g/mol. The van der Waals surface area contributed by atoms with Gasteiger partial charge >= 0.3 is 0 Å². The molecule has 0 saturated carbocycles. The molecular formula is C22H29N5O3. The van der Waals surface area contributed by atoms with E-state index in [0.717, 1.165) is 16.9 Å². The van der Waals surface area contributed by atoms with E-state index < -0.39 is 6.04 Å². The molecule has 1 aromatic carbocycles. The lowest BCUT2D eigenvalue weighted by Crippen LogP contribution is -2.60. The van der Waals surface area contributed by atoms with Crippen molar-refractivity contribution in [2.75, 3.05) is 32.7 Å². The molecule has 1 aromatic heterocycles. The summed E-state index contributed by atoms with van der Waals surface area (Å²) >= 11 is 0. The second kappa shape index (κ2) is 8.45. The number of aromatic amines is 1. The average Bonchev–Trinajstić information content (AvgIpc) is 2.99. The SMILES string of the molecule is CC(C)CN1CC(=O)N2CCN(C(=O)CCc3nc4ccccc4[nH]3)CCC2C1=O. The Hall–Kier alpha value is -2.90. The highest BCUT2D eigenvalue weighted by Crippen LogP contribution is 2.21. The maximum absolute atomic E-state index is 12.9. The Labute approximate surface area is 176 Å². The van der Waals surface area contributed by atoms with E-state index in [1.54, 1.807) is 14.7 Å². The third-order valence-corrected chi connectivity index (χ3v) is 5.86. The van der Waals surface area contributed by atoms with Gasteiger partial charge in [-0.2, -0.15) is 0 Å². The van der Waals surface area contributed by atoms with E-state index in [0.29, 0.717) is 51.4 Å². The maximum Gasteiger partial charge on any atom is 0.245 e. The molecule has 4 rings (SSSR count). The van der Waals surface area contributed by atoms with Gasteiger partial charge in [-0.15, -0.1) is 0 Å². The Kier molecular flexibility index (Phi) is 5.74. The molecular weight excluding hydrogens is 382 g/mol. The molecule has 2 aliphatic heterocycles. The molecule has 30 heavy (non-hydrogen) atoms. The molecule has 2 fully saturated rings. The molecule has 2 aliphatic rings. The van der Waals surface area contributed by atoms with Crippen LogP contribution in [0.15, 0.2) is 24.3 Å². The van der Waals surface area contributed by atoms with Crippen LogP contribution >= 0.6 is 0 Å². The maximum atomic E-state index is 12.9. The van der Waals surface area contributed by atoms with Crippen LogP contribution in [0.1, 0.15) is 32.5 Å². The molecule has 0 radical (unpaired) electrons. The number of para-hydroxylation sites is 2. The lowest BCUT2D eigenvalue weighted by atomic mass is 10.1. The Bertz CT molecular complexity index is 920. The first kappa shape index (κ1) is 20.4. The molecule has 0 spiro atoms. The minimum absolute atomic E-state index is 0.0138. The summed E-state index contributed by atoms with van der Waals surface area (Å²) in [5, 5.41) is 0. The number of carbonyl (C=O) groups is 3. The standard InChI is InChI=1S/C22H29N5O3/c1-15(2)13-26-14-21(29)27-12-11-25(10-9-18(27)22(26)30)20(28)8-7-19-23-16-5-3-4-6-17(16)24-19/h3-6,15,18H,7-14H2,1-2H3,(H,23,24). The van der Waals surface area contributed by atoms with Crippen LogP contribution in [0, 0.1) is 5.92 Å². The van der Waals surface area contributed by atoms with Gasteiger partial charge in [-0.05, 0) is 24.5 Å². The van der Waals surface area contributed by atoms with Gasteiger partial charge in [-0.3, -0.25) is 14.4 Å². The van der Waals surface area contributed by atoms with Crippen LogP contribution in [0.3, 0.4) is 0 Å².